The summed E-state index contributed by atoms with van der Waals surface area (Å²) in [7, 11) is 1.27. The van der Waals surface area contributed by atoms with Crippen LogP contribution in [0, 0.1) is 11.3 Å². The first-order valence-electron chi connectivity index (χ1n) is 6.47. The second-order valence-electron chi connectivity index (χ2n) is 4.65. The van der Waals surface area contributed by atoms with Crippen LogP contribution in [-0.2, 0) is 9.53 Å². The number of nitrogens with zero attached hydrogens (tertiary/aromatic N) is 1. The summed E-state index contributed by atoms with van der Waals surface area (Å²) in [6.07, 6.45) is 0.124. The zero-order chi connectivity index (χ0) is 16.1. The van der Waals surface area contributed by atoms with E-state index < -0.39 is 11.2 Å². The van der Waals surface area contributed by atoms with E-state index in [2.05, 4.69) is 16.1 Å². The fourth-order valence-electron chi connectivity index (χ4n) is 2.26. The number of phenols is 1. The molecule has 0 bridgehead atoms. The number of hydrogen-bond donors (Lipinski definition) is 2. The number of rotatable bonds is 3. The van der Waals surface area contributed by atoms with E-state index in [1.807, 2.05) is 0 Å². The van der Waals surface area contributed by atoms with Crippen LogP contribution >= 0.6 is 11.8 Å². The highest BCUT2D eigenvalue weighted by Gasteiger charge is 2.29. The number of hydrogen-bond acceptors (Lipinski definition) is 6. The van der Waals surface area contributed by atoms with E-state index in [9.17, 15) is 20.0 Å². The van der Waals surface area contributed by atoms with E-state index in [1.165, 1.54) is 19.2 Å². The summed E-state index contributed by atoms with van der Waals surface area (Å²) in [6.45, 7) is 0. The second kappa shape index (κ2) is 7.00. The lowest BCUT2D eigenvalue weighted by molar-refractivity contribution is -0.121. The van der Waals surface area contributed by atoms with E-state index in [-0.39, 0.29) is 23.8 Å². The van der Waals surface area contributed by atoms with Crippen LogP contribution in [0.4, 0.5) is 4.79 Å². The summed E-state index contributed by atoms with van der Waals surface area (Å²) < 4.78 is 4.54. The molecule has 1 aromatic rings. The van der Waals surface area contributed by atoms with Crippen molar-refractivity contribution in [2.75, 3.05) is 12.9 Å². The molecule has 0 saturated heterocycles. The predicted octanol–water partition coefficient (Wildman–Crippen LogP) is 2.27. The third-order valence-electron chi connectivity index (χ3n) is 3.25. The minimum atomic E-state index is -0.487. The van der Waals surface area contributed by atoms with Gasteiger partial charge in [0.15, 0.2) is 0 Å². The Bertz CT molecular complexity index is 678. The van der Waals surface area contributed by atoms with Crippen LogP contribution in [-0.4, -0.2) is 29.2 Å². The van der Waals surface area contributed by atoms with Gasteiger partial charge in [0.25, 0.3) is 0 Å². The number of benzene rings is 1. The molecule has 1 amide bonds. The number of amides is 1. The average molecular weight is 318 g/mol. The van der Waals surface area contributed by atoms with Crippen molar-refractivity contribution in [3.63, 3.8) is 0 Å². The molecule has 0 fully saturated rings. The first kappa shape index (κ1) is 15.9. The average Bonchev–Trinajstić information content (AvgIpc) is 2.51. The van der Waals surface area contributed by atoms with E-state index in [4.69, 9.17) is 0 Å². The van der Waals surface area contributed by atoms with Crippen molar-refractivity contribution < 1.29 is 19.4 Å². The van der Waals surface area contributed by atoms with Gasteiger partial charge in [-0.25, -0.2) is 4.79 Å². The number of carbonyl (C=O) groups is 2. The zero-order valence-corrected chi connectivity index (χ0v) is 12.6. The van der Waals surface area contributed by atoms with Gasteiger partial charge in [-0.15, -0.1) is 0 Å². The molecule has 0 aromatic heterocycles. The summed E-state index contributed by atoms with van der Waals surface area (Å²) in [5.74, 6) is -0.436. The van der Waals surface area contributed by atoms with Crippen LogP contribution in [0.15, 0.2) is 35.5 Å². The predicted molar refractivity (Wildman–Crippen MR) is 81.1 cm³/mol. The maximum atomic E-state index is 11.9. The second-order valence-corrected chi connectivity index (χ2v) is 5.56. The summed E-state index contributed by atoms with van der Waals surface area (Å²) in [6, 6.07) is 8.58. The van der Waals surface area contributed by atoms with Crippen LogP contribution in [0.5, 0.6) is 5.75 Å². The smallest absolute Gasteiger partial charge is 0.367 e. The van der Waals surface area contributed by atoms with Crippen molar-refractivity contribution in [1.29, 1.82) is 5.26 Å². The highest BCUT2D eigenvalue weighted by atomic mass is 32.2. The topological polar surface area (TPSA) is 99.4 Å². The molecular weight excluding hydrogens is 304 g/mol. The SMILES string of the molecule is COC(=O)SCC1=C(C#N)C(c2cccc(O)c2)CC(=O)N1. The van der Waals surface area contributed by atoms with Gasteiger partial charge in [0.05, 0.1) is 18.8 Å². The van der Waals surface area contributed by atoms with Crippen LogP contribution in [0.25, 0.3) is 0 Å². The van der Waals surface area contributed by atoms with Gasteiger partial charge in [-0.1, -0.05) is 12.1 Å². The normalized spacial score (nSPS) is 17.6. The molecule has 1 aromatic carbocycles. The minimum absolute atomic E-state index is 0.0752. The Hall–Kier alpha value is -2.46. The van der Waals surface area contributed by atoms with Crippen molar-refractivity contribution in [2.24, 2.45) is 0 Å². The lowest BCUT2D eigenvalue weighted by Gasteiger charge is -2.25. The van der Waals surface area contributed by atoms with E-state index in [1.54, 1.807) is 12.1 Å². The first-order chi connectivity index (χ1) is 10.5. The Balaban J connectivity index is 2.34. The van der Waals surface area contributed by atoms with Crippen molar-refractivity contribution in [1.82, 2.24) is 5.32 Å². The molecule has 1 atom stereocenters. The van der Waals surface area contributed by atoms with Crippen LogP contribution in [0.1, 0.15) is 17.9 Å². The van der Waals surface area contributed by atoms with Gasteiger partial charge in [-0.2, -0.15) is 5.26 Å². The molecule has 22 heavy (non-hydrogen) atoms. The van der Waals surface area contributed by atoms with Crippen molar-refractivity contribution in [3.8, 4) is 11.8 Å². The highest BCUT2D eigenvalue weighted by molar-refractivity contribution is 8.13. The lowest BCUT2D eigenvalue weighted by Crippen LogP contribution is -2.33. The van der Waals surface area contributed by atoms with Crippen LogP contribution in [0.3, 0.4) is 0 Å². The van der Waals surface area contributed by atoms with Gasteiger partial charge < -0.3 is 15.2 Å². The van der Waals surface area contributed by atoms with Gasteiger partial charge >= 0.3 is 5.30 Å². The molecule has 2 rings (SSSR count). The number of phenolic OH excluding ortho intramolecular Hbond substituents is 1. The Morgan fingerprint density at radius 1 is 1.59 bits per heavy atom. The number of allylic oxidation sites excluding steroid dienone is 1. The van der Waals surface area contributed by atoms with Crippen molar-refractivity contribution in [3.05, 3.63) is 41.1 Å². The molecule has 114 valence electrons. The number of thioether (sulfide) groups is 1. The van der Waals surface area contributed by atoms with E-state index >= 15 is 0 Å². The maximum absolute atomic E-state index is 11.9. The largest absolute Gasteiger partial charge is 0.508 e. The Morgan fingerprint density at radius 3 is 3.00 bits per heavy atom. The molecule has 1 unspecified atom stereocenters. The number of methoxy groups -OCH3 is 1. The standard InChI is InChI=1S/C15H14N2O4S/c1-21-15(20)22-8-13-12(7-16)11(6-14(19)17-13)9-3-2-4-10(18)5-9/h2-5,11,18H,6,8H2,1H3,(H,17,19). The van der Waals surface area contributed by atoms with E-state index in [0.717, 1.165) is 11.8 Å². The van der Waals surface area contributed by atoms with Crippen molar-refractivity contribution in [2.45, 2.75) is 12.3 Å². The maximum Gasteiger partial charge on any atom is 0.367 e. The molecule has 2 N–H and O–H groups in total. The third kappa shape index (κ3) is 3.59. The molecule has 0 aliphatic carbocycles. The third-order valence-corrected chi connectivity index (χ3v) is 4.08. The zero-order valence-electron chi connectivity index (χ0n) is 11.8. The highest BCUT2D eigenvalue weighted by Crippen LogP contribution is 2.34. The fourth-order valence-corrected chi connectivity index (χ4v) is 2.87. The number of carbonyl (C=O) groups excluding carboxylic acids is 2. The molecular formula is C15H14N2O4S. The monoisotopic (exact) mass is 318 g/mol. The molecule has 6 nitrogen and oxygen atoms in total. The van der Waals surface area contributed by atoms with E-state index in [0.29, 0.717) is 16.8 Å². The summed E-state index contributed by atoms with van der Waals surface area (Å²) in [5.41, 5.74) is 1.48. The van der Waals surface area contributed by atoms with Gasteiger partial charge in [-0.05, 0) is 29.5 Å². The number of aromatic hydroxyl groups is 1. The van der Waals surface area contributed by atoms with Crippen LogP contribution < -0.4 is 5.32 Å². The van der Waals surface area contributed by atoms with Crippen molar-refractivity contribution >= 4 is 23.0 Å². The quantitative estimate of drug-likeness (QED) is 0.829. The van der Waals surface area contributed by atoms with Gasteiger partial charge in [0.1, 0.15) is 5.75 Å². The molecule has 0 saturated carbocycles. The number of ether oxygens (including phenoxy) is 1. The number of nitrogens with one attached hydrogen (secondary N) is 1. The molecule has 0 spiro atoms. The Morgan fingerprint density at radius 2 is 2.36 bits per heavy atom. The first-order valence-corrected chi connectivity index (χ1v) is 7.46. The summed E-state index contributed by atoms with van der Waals surface area (Å²) >= 11 is 0.870. The molecule has 0 radical (unpaired) electrons. The van der Waals surface area contributed by atoms with Gasteiger partial charge in [0, 0.05) is 23.8 Å². The molecule has 7 heteroatoms. The fraction of sp³-hybridized carbons (Fsp3) is 0.267. The van der Waals surface area contributed by atoms with Gasteiger partial charge in [-0.3, -0.25) is 4.79 Å². The Kier molecular flexibility index (Phi) is 5.07. The van der Waals surface area contributed by atoms with Gasteiger partial charge in [0.2, 0.25) is 5.91 Å². The summed E-state index contributed by atoms with van der Waals surface area (Å²) in [5, 5.41) is 21.2. The molecule has 1 heterocycles. The Labute approximate surface area is 131 Å². The lowest BCUT2D eigenvalue weighted by atomic mass is 9.85. The van der Waals surface area contributed by atoms with Crippen LogP contribution in [0.2, 0.25) is 0 Å². The molecule has 1 aliphatic rings. The summed E-state index contributed by atoms with van der Waals surface area (Å²) in [4.78, 5) is 23.1. The minimum Gasteiger partial charge on any atom is -0.508 e. The molecule has 1 aliphatic heterocycles. The number of nitriles is 1.